The predicted octanol–water partition coefficient (Wildman–Crippen LogP) is 2.10. The maximum atomic E-state index is 11.5. The van der Waals surface area contributed by atoms with Crippen molar-refractivity contribution in [3.63, 3.8) is 0 Å². The van der Waals surface area contributed by atoms with Gasteiger partial charge in [-0.05, 0) is 31.4 Å². The van der Waals surface area contributed by atoms with Crippen LogP contribution in [0.5, 0.6) is 0 Å². The third-order valence-electron chi connectivity index (χ3n) is 2.80. The molecular formula is C16H23N3O3. The van der Waals surface area contributed by atoms with Gasteiger partial charge in [-0.2, -0.15) is 0 Å². The standard InChI is InChI=1S/C16H23N3O3/c1-12(2)8-9-17-16(21)11-22-18-10-15(20)19-14-6-4-13(3)5-7-14/h4-7,10,12H,8-9,11H2,1-3H3,(H,17,21)(H,19,20)/b18-10+. The first-order valence-corrected chi connectivity index (χ1v) is 7.27. The fourth-order valence-electron chi connectivity index (χ4n) is 1.54. The van der Waals surface area contributed by atoms with Crippen molar-refractivity contribution in [3.8, 4) is 0 Å². The van der Waals surface area contributed by atoms with Gasteiger partial charge in [0.05, 0.1) is 0 Å². The Balaban J connectivity index is 2.20. The number of rotatable bonds is 8. The summed E-state index contributed by atoms with van der Waals surface area (Å²) in [7, 11) is 0. The third kappa shape index (κ3) is 8.04. The van der Waals surface area contributed by atoms with Crippen molar-refractivity contribution in [3.05, 3.63) is 29.8 Å². The molecule has 0 unspecified atom stereocenters. The number of hydrogen-bond donors (Lipinski definition) is 2. The molecule has 2 N–H and O–H groups in total. The largest absolute Gasteiger partial charge is 0.386 e. The summed E-state index contributed by atoms with van der Waals surface area (Å²) in [6.07, 6.45) is 1.91. The summed E-state index contributed by atoms with van der Waals surface area (Å²) in [6.45, 7) is 6.54. The van der Waals surface area contributed by atoms with Crippen LogP contribution in [-0.2, 0) is 14.4 Å². The quantitative estimate of drug-likeness (QED) is 0.570. The maximum Gasteiger partial charge on any atom is 0.270 e. The Hall–Kier alpha value is -2.37. The van der Waals surface area contributed by atoms with E-state index < -0.39 is 5.91 Å². The second-order valence-electron chi connectivity index (χ2n) is 5.40. The van der Waals surface area contributed by atoms with Crippen LogP contribution in [-0.4, -0.2) is 31.2 Å². The van der Waals surface area contributed by atoms with Crippen LogP contribution in [0.2, 0.25) is 0 Å². The van der Waals surface area contributed by atoms with E-state index in [1.54, 1.807) is 12.1 Å². The van der Waals surface area contributed by atoms with Crippen LogP contribution in [0.4, 0.5) is 5.69 Å². The normalized spacial score (nSPS) is 10.7. The fourth-order valence-corrected chi connectivity index (χ4v) is 1.54. The topological polar surface area (TPSA) is 79.8 Å². The second-order valence-corrected chi connectivity index (χ2v) is 5.40. The van der Waals surface area contributed by atoms with Gasteiger partial charge >= 0.3 is 0 Å². The van der Waals surface area contributed by atoms with Gasteiger partial charge in [0.1, 0.15) is 6.21 Å². The molecule has 0 fully saturated rings. The molecule has 2 amide bonds. The third-order valence-corrected chi connectivity index (χ3v) is 2.80. The summed E-state index contributed by atoms with van der Waals surface area (Å²) < 4.78 is 0. The Kier molecular flexibility index (Phi) is 7.67. The minimum absolute atomic E-state index is 0.202. The van der Waals surface area contributed by atoms with Gasteiger partial charge in [0.15, 0.2) is 6.61 Å². The molecule has 0 aliphatic rings. The molecule has 22 heavy (non-hydrogen) atoms. The molecule has 0 spiro atoms. The highest BCUT2D eigenvalue weighted by molar-refractivity contribution is 6.31. The van der Waals surface area contributed by atoms with E-state index in [4.69, 9.17) is 4.84 Å². The Bertz CT molecular complexity index is 510. The molecule has 1 aromatic rings. The van der Waals surface area contributed by atoms with Crippen LogP contribution in [0, 0.1) is 12.8 Å². The zero-order valence-electron chi connectivity index (χ0n) is 13.3. The summed E-state index contributed by atoms with van der Waals surface area (Å²) in [5.74, 6) is -0.134. The Labute approximate surface area is 130 Å². The second kappa shape index (κ2) is 9.55. The number of nitrogens with one attached hydrogen (secondary N) is 2. The van der Waals surface area contributed by atoms with Gasteiger partial charge in [-0.3, -0.25) is 9.59 Å². The van der Waals surface area contributed by atoms with Gasteiger partial charge < -0.3 is 15.5 Å². The molecule has 0 aliphatic carbocycles. The Morgan fingerprint density at radius 2 is 1.95 bits per heavy atom. The molecule has 0 atom stereocenters. The zero-order chi connectivity index (χ0) is 16.4. The average molecular weight is 305 g/mol. The summed E-state index contributed by atoms with van der Waals surface area (Å²) >= 11 is 0. The van der Waals surface area contributed by atoms with Crippen LogP contribution in [0.3, 0.4) is 0 Å². The Morgan fingerprint density at radius 1 is 1.27 bits per heavy atom. The van der Waals surface area contributed by atoms with Crippen molar-refractivity contribution < 1.29 is 14.4 Å². The van der Waals surface area contributed by atoms with E-state index in [0.29, 0.717) is 18.2 Å². The maximum absolute atomic E-state index is 11.5. The lowest BCUT2D eigenvalue weighted by atomic mass is 10.1. The molecule has 1 rings (SSSR count). The van der Waals surface area contributed by atoms with Crippen LogP contribution < -0.4 is 10.6 Å². The van der Waals surface area contributed by atoms with E-state index in [1.165, 1.54) is 0 Å². The fraction of sp³-hybridized carbons (Fsp3) is 0.438. The van der Waals surface area contributed by atoms with Gasteiger partial charge in [-0.25, -0.2) is 0 Å². The number of hydrogen-bond acceptors (Lipinski definition) is 4. The van der Waals surface area contributed by atoms with E-state index in [-0.39, 0.29) is 12.5 Å². The van der Waals surface area contributed by atoms with Gasteiger partial charge in [-0.15, -0.1) is 0 Å². The Morgan fingerprint density at radius 3 is 2.59 bits per heavy atom. The van der Waals surface area contributed by atoms with Crippen molar-refractivity contribution in [1.29, 1.82) is 0 Å². The monoisotopic (exact) mass is 305 g/mol. The minimum Gasteiger partial charge on any atom is -0.386 e. The van der Waals surface area contributed by atoms with Crippen LogP contribution in [0.25, 0.3) is 0 Å². The highest BCUT2D eigenvalue weighted by Gasteiger charge is 2.02. The van der Waals surface area contributed by atoms with Gasteiger partial charge in [-0.1, -0.05) is 36.7 Å². The lowest BCUT2D eigenvalue weighted by Crippen LogP contribution is -2.28. The smallest absolute Gasteiger partial charge is 0.270 e. The number of aryl methyl sites for hydroxylation is 1. The van der Waals surface area contributed by atoms with Gasteiger partial charge in [0.2, 0.25) is 0 Å². The molecule has 6 nitrogen and oxygen atoms in total. The number of carbonyl (C=O) groups excluding carboxylic acids is 2. The highest BCUT2D eigenvalue weighted by atomic mass is 16.6. The summed E-state index contributed by atoms with van der Waals surface area (Å²) in [5, 5.41) is 8.81. The summed E-state index contributed by atoms with van der Waals surface area (Å²) in [4.78, 5) is 27.7. The molecule has 0 heterocycles. The minimum atomic E-state index is -0.413. The SMILES string of the molecule is Cc1ccc(NC(=O)/C=N/OCC(=O)NCCC(C)C)cc1. The van der Waals surface area contributed by atoms with Gasteiger partial charge in [0, 0.05) is 12.2 Å². The zero-order valence-corrected chi connectivity index (χ0v) is 13.3. The first-order valence-electron chi connectivity index (χ1n) is 7.27. The molecule has 0 aliphatic heterocycles. The number of nitrogens with zero attached hydrogens (tertiary/aromatic N) is 1. The number of amides is 2. The first-order chi connectivity index (χ1) is 10.5. The molecule has 0 aromatic heterocycles. The molecule has 120 valence electrons. The predicted molar refractivity (Wildman–Crippen MR) is 86.7 cm³/mol. The van der Waals surface area contributed by atoms with Crippen LogP contribution in [0.15, 0.2) is 29.4 Å². The van der Waals surface area contributed by atoms with E-state index >= 15 is 0 Å². The van der Waals surface area contributed by atoms with E-state index in [1.807, 2.05) is 19.1 Å². The van der Waals surface area contributed by atoms with Gasteiger partial charge in [0.25, 0.3) is 11.8 Å². The van der Waals surface area contributed by atoms with Crippen molar-refractivity contribution >= 4 is 23.7 Å². The van der Waals surface area contributed by atoms with Crippen LogP contribution in [0.1, 0.15) is 25.8 Å². The van der Waals surface area contributed by atoms with Crippen molar-refractivity contribution in [2.75, 3.05) is 18.5 Å². The summed E-state index contributed by atoms with van der Waals surface area (Å²) in [6, 6.07) is 7.38. The van der Waals surface area contributed by atoms with E-state index in [9.17, 15) is 9.59 Å². The average Bonchev–Trinajstić information content (AvgIpc) is 2.46. The lowest BCUT2D eigenvalue weighted by molar-refractivity contribution is -0.125. The van der Waals surface area contributed by atoms with Crippen LogP contribution >= 0.6 is 0 Å². The number of anilines is 1. The number of oxime groups is 1. The van der Waals surface area contributed by atoms with E-state index in [2.05, 4.69) is 29.6 Å². The number of benzene rings is 1. The molecule has 0 saturated heterocycles. The molecular weight excluding hydrogens is 282 g/mol. The van der Waals surface area contributed by atoms with Crippen molar-refractivity contribution in [2.24, 2.45) is 11.1 Å². The molecule has 0 saturated carbocycles. The number of carbonyl (C=O) groups is 2. The molecule has 1 aromatic carbocycles. The van der Waals surface area contributed by atoms with Crippen molar-refractivity contribution in [1.82, 2.24) is 5.32 Å². The molecule has 0 radical (unpaired) electrons. The first kappa shape index (κ1) is 17.7. The molecule has 6 heteroatoms. The summed E-state index contributed by atoms with van der Waals surface area (Å²) in [5.41, 5.74) is 1.78. The van der Waals surface area contributed by atoms with Crippen molar-refractivity contribution in [2.45, 2.75) is 27.2 Å². The highest BCUT2D eigenvalue weighted by Crippen LogP contribution is 2.07. The lowest BCUT2D eigenvalue weighted by Gasteiger charge is -2.06. The van der Waals surface area contributed by atoms with E-state index in [0.717, 1.165) is 18.2 Å². The molecule has 0 bridgehead atoms.